The first kappa shape index (κ1) is 23.0. The smallest absolute Gasteiger partial charge is 0.225 e. The van der Waals surface area contributed by atoms with Gasteiger partial charge in [0.15, 0.2) is 17.1 Å². The van der Waals surface area contributed by atoms with E-state index in [2.05, 4.69) is 48.7 Å². The largest absolute Gasteiger partial charge is 0.491 e. The molecule has 0 unspecified atom stereocenters. The highest BCUT2D eigenvalue weighted by Gasteiger charge is 2.20. The molecule has 1 fully saturated rings. The lowest BCUT2D eigenvalue weighted by molar-refractivity contribution is 0.146. The van der Waals surface area contributed by atoms with E-state index in [0.717, 1.165) is 38.5 Å². The van der Waals surface area contributed by atoms with Crippen LogP contribution in [0.1, 0.15) is 5.82 Å². The third-order valence-corrected chi connectivity index (χ3v) is 6.10. The first-order valence-electron chi connectivity index (χ1n) is 11.4. The molecule has 0 bridgehead atoms. The number of benzene rings is 1. The van der Waals surface area contributed by atoms with Crippen molar-refractivity contribution in [3.63, 3.8) is 0 Å². The topological polar surface area (TPSA) is 112 Å². The Labute approximate surface area is 201 Å². The van der Waals surface area contributed by atoms with E-state index < -0.39 is 5.83 Å². The molecule has 0 amide bonds. The standard InChI is InChI=1S/C23H28FN9O2/c1-16(24)20-27-22-19-15-26-32(21(19)28-23(25)33(22)29-20)12-9-30-7-10-31(11-8-30)17-3-5-18(6-4-17)35-14-13-34-2/h3-6,15H,1,7-14H2,2H3,(H2,25,28). The molecular weight excluding hydrogens is 453 g/mol. The second-order valence-electron chi connectivity index (χ2n) is 8.31. The molecule has 0 atom stereocenters. The number of nitrogens with zero attached hydrogens (tertiary/aromatic N) is 8. The molecular formula is C23H28FN9O2. The SMILES string of the molecule is C=C(F)c1nc2c3cnn(CCN4CCN(c5ccc(OCCOC)cc5)CC4)c3nc(N)n2n1. The lowest BCUT2D eigenvalue weighted by Gasteiger charge is -2.36. The number of nitrogen functional groups attached to an aromatic ring is 1. The van der Waals surface area contributed by atoms with E-state index in [9.17, 15) is 4.39 Å². The molecule has 184 valence electrons. The average Bonchev–Trinajstić information content (AvgIpc) is 3.49. The van der Waals surface area contributed by atoms with Gasteiger partial charge in [-0.25, -0.2) is 14.1 Å². The number of hydrogen-bond acceptors (Lipinski definition) is 9. The first-order chi connectivity index (χ1) is 17.0. The normalized spacial score (nSPS) is 14.7. The summed E-state index contributed by atoms with van der Waals surface area (Å²) < 4.78 is 27.3. The zero-order valence-electron chi connectivity index (χ0n) is 19.6. The molecule has 0 spiro atoms. The molecule has 4 aromatic rings. The summed E-state index contributed by atoms with van der Waals surface area (Å²) in [5.74, 6) is 0.140. The van der Waals surface area contributed by atoms with Crippen LogP contribution in [0.3, 0.4) is 0 Å². The van der Waals surface area contributed by atoms with E-state index >= 15 is 0 Å². The third-order valence-electron chi connectivity index (χ3n) is 6.10. The molecule has 3 aromatic heterocycles. The van der Waals surface area contributed by atoms with Gasteiger partial charge in [0.05, 0.1) is 24.7 Å². The minimum absolute atomic E-state index is 0.107. The molecule has 12 heteroatoms. The second kappa shape index (κ2) is 9.84. The molecule has 5 rings (SSSR count). The Morgan fingerprint density at radius 1 is 1.06 bits per heavy atom. The number of aromatic nitrogens is 6. The minimum Gasteiger partial charge on any atom is -0.491 e. The quantitative estimate of drug-likeness (QED) is 0.358. The van der Waals surface area contributed by atoms with Gasteiger partial charge in [0.2, 0.25) is 11.8 Å². The Hall–Kier alpha value is -3.77. The van der Waals surface area contributed by atoms with Crippen molar-refractivity contribution in [1.82, 2.24) is 34.3 Å². The summed E-state index contributed by atoms with van der Waals surface area (Å²) in [6, 6.07) is 8.19. The van der Waals surface area contributed by atoms with Crippen molar-refractivity contribution in [3.05, 3.63) is 42.9 Å². The summed E-state index contributed by atoms with van der Waals surface area (Å²) in [6.07, 6.45) is 1.66. The molecule has 0 radical (unpaired) electrons. The van der Waals surface area contributed by atoms with Crippen LogP contribution in [0.4, 0.5) is 16.0 Å². The molecule has 11 nitrogen and oxygen atoms in total. The number of anilines is 2. The molecule has 1 aromatic carbocycles. The van der Waals surface area contributed by atoms with E-state index in [4.69, 9.17) is 15.2 Å². The van der Waals surface area contributed by atoms with E-state index in [0.29, 0.717) is 36.4 Å². The van der Waals surface area contributed by atoms with Crippen molar-refractivity contribution in [2.75, 3.05) is 63.7 Å². The molecule has 1 aliphatic rings. The van der Waals surface area contributed by atoms with Gasteiger partial charge in [-0.05, 0) is 24.3 Å². The van der Waals surface area contributed by atoms with Crippen molar-refractivity contribution < 1.29 is 13.9 Å². The number of hydrogen-bond donors (Lipinski definition) is 1. The van der Waals surface area contributed by atoms with E-state index in [1.807, 2.05) is 12.1 Å². The van der Waals surface area contributed by atoms with Gasteiger partial charge < -0.3 is 20.1 Å². The van der Waals surface area contributed by atoms with E-state index in [1.54, 1.807) is 18.0 Å². The van der Waals surface area contributed by atoms with Crippen molar-refractivity contribution in [1.29, 1.82) is 0 Å². The monoisotopic (exact) mass is 481 g/mol. The summed E-state index contributed by atoms with van der Waals surface area (Å²) in [5, 5.41) is 9.16. The van der Waals surface area contributed by atoms with Gasteiger partial charge in [0.1, 0.15) is 12.4 Å². The fourth-order valence-corrected chi connectivity index (χ4v) is 4.20. The molecule has 1 aliphatic heterocycles. The maximum Gasteiger partial charge on any atom is 0.225 e. The highest BCUT2D eigenvalue weighted by molar-refractivity contribution is 5.90. The summed E-state index contributed by atoms with van der Waals surface area (Å²) >= 11 is 0. The van der Waals surface area contributed by atoms with Crippen LogP contribution in [0.15, 0.2) is 37.0 Å². The molecule has 4 heterocycles. The van der Waals surface area contributed by atoms with E-state index in [1.165, 1.54) is 10.2 Å². The number of fused-ring (bicyclic) bond motifs is 3. The van der Waals surface area contributed by atoms with Crippen LogP contribution in [0.25, 0.3) is 22.5 Å². The van der Waals surface area contributed by atoms with Crippen molar-refractivity contribution in [2.45, 2.75) is 6.54 Å². The molecule has 0 aliphatic carbocycles. The van der Waals surface area contributed by atoms with Crippen molar-refractivity contribution >= 4 is 34.1 Å². The van der Waals surface area contributed by atoms with Crippen molar-refractivity contribution in [2.24, 2.45) is 0 Å². The zero-order valence-corrected chi connectivity index (χ0v) is 19.6. The summed E-state index contributed by atoms with van der Waals surface area (Å²) in [6.45, 7) is 9.59. The Balaban J connectivity index is 1.19. The third kappa shape index (κ3) is 4.75. The number of halogens is 1. The van der Waals surface area contributed by atoms with Gasteiger partial charge in [-0.2, -0.15) is 14.6 Å². The number of nitrogens with two attached hydrogens (primary N) is 1. The van der Waals surface area contributed by atoms with Gasteiger partial charge in [-0.1, -0.05) is 6.58 Å². The second-order valence-corrected chi connectivity index (χ2v) is 8.31. The number of ether oxygens (including phenoxy) is 2. The zero-order chi connectivity index (χ0) is 24.4. The maximum absolute atomic E-state index is 13.5. The highest BCUT2D eigenvalue weighted by Crippen LogP contribution is 2.23. The summed E-state index contributed by atoms with van der Waals surface area (Å²) in [7, 11) is 1.66. The van der Waals surface area contributed by atoms with Crippen LogP contribution in [-0.4, -0.2) is 87.3 Å². The fourth-order valence-electron chi connectivity index (χ4n) is 4.20. The maximum atomic E-state index is 13.5. The van der Waals surface area contributed by atoms with Crippen LogP contribution < -0.4 is 15.4 Å². The first-order valence-corrected chi connectivity index (χ1v) is 11.4. The minimum atomic E-state index is -0.723. The fraction of sp³-hybridized carbons (Fsp3) is 0.391. The highest BCUT2D eigenvalue weighted by atomic mass is 19.1. The molecule has 2 N–H and O–H groups in total. The van der Waals surface area contributed by atoms with Gasteiger partial charge in [0.25, 0.3) is 0 Å². The van der Waals surface area contributed by atoms with Gasteiger partial charge >= 0.3 is 0 Å². The van der Waals surface area contributed by atoms with Crippen LogP contribution in [0, 0.1) is 0 Å². The number of piperazine rings is 1. The Kier molecular flexibility index (Phi) is 6.47. The van der Waals surface area contributed by atoms with Gasteiger partial charge in [-0.3, -0.25) is 4.90 Å². The lowest BCUT2D eigenvalue weighted by Crippen LogP contribution is -2.47. The van der Waals surface area contributed by atoms with Gasteiger partial charge in [-0.15, -0.1) is 5.10 Å². The van der Waals surface area contributed by atoms with Crippen LogP contribution >= 0.6 is 0 Å². The predicted octanol–water partition coefficient (Wildman–Crippen LogP) is 1.84. The Bertz CT molecular complexity index is 1330. The summed E-state index contributed by atoms with van der Waals surface area (Å²) in [5.41, 5.74) is 8.24. The molecule has 35 heavy (non-hydrogen) atoms. The number of rotatable bonds is 9. The lowest BCUT2D eigenvalue weighted by atomic mass is 10.2. The predicted molar refractivity (Wildman–Crippen MR) is 131 cm³/mol. The average molecular weight is 482 g/mol. The van der Waals surface area contributed by atoms with Gasteiger partial charge in [0, 0.05) is 45.5 Å². The molecule has 1 saturated heterocycles. The van der Waals surface area contributed by atoms with Crippen molar-refractivity contribution in [3.8, 4) is 5.75 Å². The van der Waals surface area contributed by atoms with Crippen LogP contribution in [0.5, 0.6) is 5.75 Å². The Morgan fingerprint density at radius 2 is 1.83 bits per heavy atom. The van der Waals surface area contributed by atoms with Crippen LogP contribution in [-0.2, 0) is 11.3 Å². The van der Waals surface area contributed by atoms with E-state index in [-0.39, 0.29) is 11.8 Å². The Morgan fingerprint density at radius 3 is 2.54 bits per heavy atom. The number of methoxy groups -OCH3 is 1. The molecule has 0 saturated carbocycles. The van der Waals surface area contributed by atoms with Crippen LogP contribution in [0.2, 0.25) is 0 Å². The summed E-state index contributed by atoms with van der Waals surface area (Å²) in [4.78, 5) is 13.4.